The van der Waals surface area contributed by atoms with E-state index >= 15 is 0 Å². The van der Waals surface area contributed by atoms with Crippen LogP contribution in [0.1, 0.15) is 57.9 Å². The lowest BCUT2D eigenvalue weighted by atomic mass is 9.72. The van der Waals surface area contributed by atoms with Gasteiger partial charge in [0.2, 0.25) is 5.91 Å². The van der Waals surface area contributed by atoms with E-state index < -0.39 is 5.54 Å². The predicted molar refractivity (Wildman–Crippen MR) is 101 cm³/mol. The molecule has 1 amide bonds. The van der Waals surface area contributed by atoms with E-state index in [4.69, 9.17) is 9.47 Å². The van der Waals surface area contributed by atoms with Crippen LogP contribution in [0.15, 0.2) is 24.3 Å². The molecule has 5 nitrogen and oxygen atoms in total. The number of ether oxygens (including phenoxy) is 2. The number of hydrogen-bond acceptors (Lipinski definition) is 4. The van der Waals surface area contributed by atoms with Crippen LogP contribution in [0.5, 0.6) is 5.75 Å². The molecule has 0 aliphatic heterocycles. The minimum Gasteiger partial charge on any atom is -0.497 e. The van der Waals surface area contributed by atoms with Crippen LogP contribution in [0.25, 0.3) is 0 Å². The van der Waals surface area contributed by atoms with Crippen LogP contribution >= 0.6 is 0 Å². The van der Waals surface area contributed by atoms with Gasteiger partial charge in [0.05, 0.1) is 20.1 Å². The summed E-state index contributed by atoms with van der Waals surface area (Å²) in [7, 11) is 3.00. The van der Waals surface area contributed by atoms with Gasteiger partial charge in [-0.3, -0.25) is 4.79 Å². The van der Waals surface area contributed by atoms with Crippen molar-refractivity contribution in [2.24, 2.45) is 11.8 Å². The molecule has 1 atom stereocenters. The Labute approximate surface area is 156 Å². The van der Waals surface area contributed by atoms with Gasteiger partial charge < -0.3 is 14.8 Å². The first kappa shape index (κ1) is 20.3. The molecule has 0 aromatic heterocycles. The molecule has 1 saturated carbocycles. The smallest absolute Gasteiger partial charge is 0.331 e. The lowest BCUT2D eigenvalue weighted by molar-refractivity contribution is -0.153. The molecule has 0 saturated heterocycles. The van der Waals surface area contributed by atoms with Crippen molar-refractivity contribution >= 4 is 11.9 Å². The highest BCUT2D eigenvalue weighted by Gasteiger charge is 2.45. The minimum absolute atomic E-state index is 0.149. The largest absolute Gasteiger partial charge is 0.497 e. The Kier molecular flexibility index (Phi) is 6.68. The van der Waals surface area contributed by atoms with Gasteiger partial charge in [0.25, 0.3) is 0 Å². The highest BCUT2D eigenvalue weighted by Crippen LogP contribution is 2.37. The fourth-order valence-electron chi connectivity index (χ4n) is 3.76. The van der Waals surface area contributed by atoms with E-state index in [1.54, 1.807) is 7.11 Å². The van der Waals surface area contributed by atoms with E-state index in [0.717, 1.165) is 24.2 Å². The summed E-state index contributed by atoms with van der Waals surface area (Å²) in [4.78, 5) is 25.3. The maximum absolute atomic E-state index is 12.9. The molecule has 2 rings (SSSR count). The first-order chi connectivity index (χ1) is 12.3. The zero-order valence-electron chi connectivity index (χ0n) is 16.5. The Hall–Kier alpha value is -2.04. The van der Waals surface area contributed by atoms with E-state index in [9.17, 15) is 9.59 Å². The van der Waals surface area contributed by atoms with E-state index in [2.05, 4.69) is 19.2 Å². The monoisotopic (exact) mass is 361 g/mol. The Balaban J connectivity index is 2.12. The van der Waals surface area contributed by atoms with Crippen LogP contribution in [-0.2, 0) is 14.3 Å². The fraction of sp³-hybridized carbons (Fsp3) is 0.619. The first-order valence-electron chi connectivity index (χ1n) is 9.37. The van der Waals surface area contributed by atoms with Crippen molar-refractivity contribution in [2.75, 3.05) is 14.2 Å². The van der Waals surface area contributed by atoms with Crippen LogP contribution in [0.3, 0.4) is 0 Å². The number of methoxy groups -OCH3 is 2. The van der Waals surface area contributed by atoms with E-state index in [1.807, 2.05) is 31.2 Å². The molecule has 1 aliphatic rings. The highest BCUT2D eigenvalue weighted by molar-refractivity contribution is 5.91. The SMILES string of the molecule is COC(=O)C1(NC(=O)C(C)c2ccc(OC)cc2)CCC(C(C)C)CC1. The van der Waals surface area contributed by atoms with Crippen molar-refractivity contribution in [3.05, 3.63) is 29.8 Å². The van der Waals surface area contributed by atoms with Crippen LogP contribution < -0.4 is 10.1 Å². The molecule has 0 spiro atoms. The van der Waals surface area contributed by atoms with Crippen LogP contribution in [0.4, 0.5) is 0 Å². The molecule has 144 valence electrons. The third-order valence-corrected chi connectivity index (χ3v) is 5.77. The van der Waals surface area contributed by atoms with Gasteiger partial charge in [-0.1, -0.05) is 26.0 Å². The van der Waals surface area contributed by atoms with Gasteiger partial charge in [0, 0.05) is 0 Å². The van der Waals surface area contributed by atoms with Gasteiger partial charge >= 0.3 is 5.97 Å². The van der Waals surface area contributed by atoms with Gasteiger partial charge in [0.1, 0.15) is 11.3 Å². The second-order valence-electron chi connectivity index (χ2n) is 7.64. The van der Waals surface area contributed by atoms with Crippen LogP contribution in [0, 0.1) is 11.8 Å². The number of carbonyl (C=O) groups is 2. The Morgan fingerprint density at radius 3 is 2.12 bits per heavy atom. The molecular formula is C21H31NO4. The lowest BCUT2D eigenvalue weighted by Gasteiger charge is -2.40. The van der Waals surface area contributed by atoms with E-state index in [1.165, 1.54) is 7.11 Å². The standard InChI is InChI=1S/C21H31NO4/c1-14(2)16-10-12-21(13-11-16,20(24)26-5)22-19(23)15(3)17-6-8-18(25-4)9-7-17/h6-9,14-16H,10-13H2,1-5H3,(H,22,23). The third kappa shape index (κ3) is 4.37. The number of amides is 1. The fourth-order valence-corrected chi connectivity index (χ4v) is 3.76. The van der Waals surface area contributed by atoms with Gasteiger partial charge in [-0.2, -0.15) is 0 Å². The summed E-state index contributed by atoms with van der Waals surface area (Å²) < 4.78 is 10.2. The topological polar surface area (TPSA) is 64.6 Å². The number of rotatable bonds is 6. The predicted octanol–water partition coefficient (Wildman–Crippen LogP) is 3.67. The normalized spacial score (nSPS) is 24.0. The summed E-state index contributed by atoms with van der Waals surface area (Å²) in [5.41, 5.74) is -0.0167. The van der Waals surface area contributed by atoms with Crippen molar-refractivity contribution in [1.82, 2.24) is 5.32 Å². The van der Waals surface area contributed by atoms with Gasteiger partial charge in [0.15, 0.2) is 0 Å². The Bertz CT molecular complexity index is 615. The molecule has 1 aromatic rings. The number of carbonyl (C=O) groups excluding carboxylic acids is 2. The van der Waals surface area contributed by atoms with Crippen molar-refractivity contribution in [3.63, 3.8) is 0 Å². The quantitative estimate of drug-likeness (QED) is 0.785. The number of esters is 1. The van der Waals surface area contributed by atoms with Gasteiger partial charge in [-0.25, -0.2) is 4.79 Å². The molecule has 1 unspecified atom stereocenters. The molecule has 1 N–H and O–H groups in total. The Morgan fingerprint density at radius 2 is 1.65 bits per heavy atom. The second kappa shape index (κ2) is 8.56. The second-order valence-corrected chi connectivity index (χ2v) is 7.64. The molecule has 1 aromatic carbocycles. The molecule has 0 bridgehead atoms. The third-order valence-electron chi connectivity index (χ3n) is 5.77. The Morgan fingerprint density at radius 1 is 1.08 bits per heavy atom. The summed E-state index contributed by atoms with van der Waals surface area (Å²) in [6.45, 7) is 6.27. The number of hydrogen-bond donors (Lipinski definition) is 1. The first-order valence-corrected chi connectivity index (χ1v) is 9.37. The van der Waals surface area contributed by atoms with Gasteiger partial charge in [-0.05, 0) is 62.1 Å². The van der Waals surface area contributed by atoms with E-state index in [0.29, 0.717) is 24.7 Å². The number of benzene rings is 1. The van der Waals surface area contributed by atoms with Gasteiger partial charge in [-0.15, -0.1) is 0 Å². The maximum Gasteiger partial charge on any atom is 0.331 e. The summed E-state index contributed by atoms with van der Waals surface area (Å²) >= 11 is 0. The van der Waals surface area contributed by atoms with Crippen molar-refractivity contribution in [3.8, 4) is 5.75 Å². The molecule has 1 fully saturated rings. The number of nitrogens with one attached hydrogen (secondary N) is 1. The summed E-state index contributed by atoms with van der Waals surface area (Å²) in [5.74, 6) is 1.08. The molecular weight excluding hydrogens is 330 g/mol. The zero-order valence-corrected chi connectivity index (χ0v) is 16.5. The maximum atomic E-state index is 12.9. The summed E-state index contributed by atoms with van der Waals surface area (Å²) in [6, 6.07) is 7.43. The zero-order chi connectivity index (χ0) is 19.3. The summed E-state index contributed by atoms with van der Waals surface area (Å²) in [6.07, 6.45) is 3.10. The summed E-state index contributed by atoms with van der Waals surface area (Å²) in [5, 5.41) is 3.02. The highest BCUT2D eigenvalue weighted by atomic mass is 16.5. The molecule has 5 heteroatoms. The molecule has 0 radical (unpaired) electrons. The average Bonchev–Trinajstić information content (AvgIpc) is 2.67. The van der Waals surface area contributed by atoms with Crippen molar-refractivity contribution in [1.29, 1.82) is 0 Å². The van der Waals surface area contributed by atoms with Crippen molar-refractivity contribution < 1.29 is 19.1 Å². The average molecular weight is 361 g/mol. The minimum atomic E-state index is -0.905. The molecule has 0 heterocycles. The van der Waals surface area contributed by atoms with E-state index in [-0.39, 0.29) is 17.8 Å². The van der Waals surface area contributed by atoms with Crippen LogP contribution in [0.2, 0.25) is 0 Å². The molecule has 26 heavy (non-hydrogen) atoms. The van der Waals surface area contributed by atoms with Crippen molar-refractivity contribution in [2.45, 2.75) is 57.9 Å². The lowest BCUT2D eigenvalue weighted by Crippen LogP contribution is -2.57. The molecule has 1 aliphatic carbocycles. The van der Waals surface area contributed by atoms with Crippen LogP contribution in [-0.4, -0.2) is 31.6 Å².